The summed E-state index contributed by atoms with van der Waals surface area (Å²) in [6, 6.07) is 4.03. The van der Waals surface area contributed by atoms with E-state index >= 15 is 0 Å². The molecule has 1 aromatic carbocycles. The monoisotopic (exact) mass is 342 g/mol. The minimum Gasteiger partial charge on any atom is -0.465 e. The normalized spacial score (nSPS) is 16.2. The first-order valence-electron chi connectivity index (χ1n) is 6.91. The van der Waals surface area contributed by atoms with Crippen LogP contribution >= 0.6 is 12.4 Å². The summed E-state index contributed by atoms with van der Waals surface area (Å²) in [5.41, 5.74) is 0.683. The second-order valence-corrected chi connectivity index (χ2v) is 4.92. The van der Waals surface area contributed by atoms with Crippen LogP contribution in [0.5, 0.6) is 0 Å². The predicted octanol–water partition coefficient (Wildman–Crippen LogP) is 1.37. The van der Waals surface area contributed by atoms with Gasteiger partial charge in [0.2, 0.25) is 5.91 Å². The van der Waals surface area contributed by atoms with Crippen LogP contribution in [0.3, 0.4) is 0 Å². The van der Waals surface area contributed by atoms with Gasteiger partial charge in [-0.3, -0.25) is 4.79 Å². The maximum absolute atomic E-state index is 12.1. The molecule has 0 saturated carbocycles. The SMILES string of the molecule is COC(=O)c1cc(NC(=O)C2CCCN2)cc(C(=O)OC)c1.Cl. The van der Waals surface area contributed by atoms with Crippen LogP contribution < -0.4 is 10.6 Å². The zero-order chi connectivity index (χ0) is 16.1. The van der Waals surface area contributed by atoms with Crippen LogP contribution in [0.4, 0.5) is 5.69 Å². The van der Waals surface area contributed by atoms with Gasteiger partial charge in [0, 0.05) is 5.69 Å². The van der Waals surface area contributed by atoms with E-state index in [2.05, 4.69) is 20.1 Å². The zero-order valence-electron chi connectivity index (χ0n) is 12.9. The first kappa shape index (κ1) is 18.9. The van der Waals surface area contributed by atoms with Crippen LogP contribution in [-0.4, -0.2) is 44.7 Å². The van der Waals surface area contributed by atoms with E-state index in [0.29, 0.717) is 5.69 Å². The Morgan fingerprint density at radius 1 is 1.09 bits per heavy atom. The van der Waals surface area contributed by atoms with Gasteiger partial charge in [-0.05, 0) is 37.6 Å². The standard InChI is InChI=1S/C15H18N2O5.ClH/c1-21-14(19)9-6-10(15(20)22-2)8-11(7-9)17-13(18)12-4-3-5-16-12;/h6-8,12,16H,3-5H2,1-2H3,(H,17,18);1H. The summed E-state index contributed by atoms with van der Waals surface area (Å²) in [4.78, 5) is 35.5. The van der Waals surface area contributed by atoms with Gasteiger partial charge in [-0.25, -0.2) is 9.59 Å². The topological polar surface area (TPSA) is 93.7 Å². The molecule has 1 amide bonds. The van der Waals surface area contributed by atoms with Gasteiger partial charge >= 0.3 is 11.9 Å². The van der Waals surface area contributed by atoms with Crippen molar-refractivity contribution in [3.05, 3.63) is 29.3 Å². The van der Waals surface area contributed by atoms with Gasteiger partial charge in [-0.15, -0.1) is 12.4 Å². The quantitative estimate of drug-likeness (QED) is 0.803. The number of nitrogens with one attached hydrogen (secondary N) is 2. The summed E-state index contributed by atoms with van der Waals surface area (Å²) < 4.78 is 9.30. The lowest BCUT2D eigenvalue weighted by Gasteiger charge is -2.13. The van der Waals surface area contributed by atoms with Gasteiger partial charge in [-0.2, -0.15) is 0 Å². The fourth-order valence-electron chi connectivity index (χ4n) is 2.31. The lowest BCUT2D eigenvalue weighted by Crippen LogP contribution is -2.35. The van der Waals surface area contributed by atoms with E-state index in [1.54, 1.807) is 0 Å². The molecule has 1 fully saturated rings. The van der Waals surface area contributed by atoms with Crippen molar-refractivity contribution in [2.24, 2.45) is 0 Å². The van der Waals surface area contributed by atoms with E-state index in [4.69, 9.17) is 0 Å². The number of rotatable bonds is 4. The third kappa shape index (κ3) is 4.67. The smallest absolute Gasteiger partial charge is 0.337 e. The van der Waals surface area contributed by atoms with Gasteiger partial charge in [0.1, 0.15) is 0 Å². The first-order valence-corrected chi connectivity index (χ1v) is 6.91. The number of benzene rings is 1. The van der Waals surface area contributed by atoms with E-state index in [1.807, 2.05) is 0 Å². The van der Waals surface area contributed by atoms with Crippen LogP contribution in [0.15, 0.2) is 18.2 Å². The molecule has 2 rings (SSSR count). The molecule has 0 aliphatic carbocycles. The van der Waals surface area contributed by atoms with Crippen molar-refractivity contribution in [1.82, 2.24) is 5.32 Å². The van der Waals surface area contributed by atoms with E-state index in [1.165, 1.54) is 32.4 Å². The van der Waals surface area contributed by atoms with Crippen molar-refractivity contribution in [3.8, 4) is 0 Å². The van der Waals surface area contributed by atoms with Crippen molar-refractivity contribution >= 4 is 35.9 Å². The van der Waals surface area contributed by atoms with E-state index in [9.17, 15) is 14.4 Å². The van der Waals surface area contributed by atoms with Crippen LogP contribution in [-0.2, 0) is 14.3 Å². The molecule has 1 aliphatic rings. The molecule has 0 radical (unpaired) electrons. The number of methoxy groups -OCH3 is 2. The number of carbonyl (C=O) groups is 3. The maximum atomic E-state index is 12.1. The lowest BCUT2D eigenvalue weighted by atomic mass is 10.1. The number of carbonyl (C=O) groups excluding carboxylic acids is 3. The molecule has 0 bridgehead atoms. The van der Waals surface area contributed by atoms with Gasteiger partial charge in [-0.1, -0.05) is 0 Å². The number of amides is 1. The van der Waals surface area contributed by atoms with Crippen molar-refractivity contribution in [2.75, 3.05) is 26.1 Å². The van der Waals surface area contributed by atoms with Crippen LogP contribution in [0.25, 0.3) is 0 Å². The summed E-state index contributed by atoms with van der Waals surface area (Å²) in [6.07, 6.45) is 1.69. The Morgan fingerprint density at radius 3 is 2.09 bits per heavy atom. The Kier molecular flexibility index (Phi) is 6.99. The average Bonchev–Trinajstić information content (AvgIpc) is 3.07. The third-order valence-corrected chi connectivity index (χ3v) is 3.42. The fourth-order valence-corrected chi connectivity index (χ4v) is 2.31. The van der Waals surface area contributed by atoms with Crippen molar-refractivity contribution in [2.45, 2.75) is 18.9 Å². The second kappa shape index (κ2) is 8.50. The highest BCUT2D eigenvalue weighted by Gasteiger charge is 2.23. The number of anilines is 1. The van der Waals surface area contributed by atoms with Gasteiger partial charge < -0.3 is 20.1 Å². The zero-order valence-corrected chi connectivity index (χ0v) is 13.7. The van der Waals surface area contributed by atoms with Gasteiger partial charge in [0.05, 0.1) is 31.4 Å². The fraction of sp³-hybridized carbons (Fsp3) is 0.400. The molecule has 8 heteroatoms. The van der Waals surface area contributed by atoms with Gasteiger partial charge in [0.25, 0.3) is 0 Å². The summed E-state index contributed by atoms with van der Waals surface area (Å²) in [5, 5.41) is 5.78. The second-order valence-electron chi connectivity index (χ2n) is 4.92. The summed E-state index contributed by atoms with van der Waals surface area (Å²) in [6.45, 7) is 0.799. The molecule has 1 heterocycles. The van der Waals surface area contributed by atoms with Crippen molar-refractivity contribution in [3.63, 3.8) is 0 Å². The highest BCUT2D eigenvalue weighted by atomic mass is 35.5. The molecule has 1 aliphatic heterocycles. The minimum absolute atomic E-state index is 0. The highest BCUT2D eigenvalue weighted by Crippen LogP contribution is 2.18. The van der Waals surface area contributed by atoms with Crippen LogP contribution in [0, 0.1) is 0 Å². The highest BCUT2D eigenvalue weighted by molar-refractivity contribution is 6.00. The number of esters is 2. The predicted molar refractivity (Wildman–Crippen MR) is 86.0 cm³/mol. The average molecular weight is 343 g/mol. The molecule has 1 atom stereocenters. The molecule has 0 aromatic heterocycles. The molecule has 1 saturated heterocycles. The van der Waals surface area contributed by atoms with Crippen molar-refractivity contribution in [1.29, 1.82) is 0 Å². The number of halogens is 1. The summed E-state index contributed by atoms with van der Waals surface area (Å²) >= 11 is 0. The number of hydrogen-bond acceptors (Lipinski definition) is 6. The lowest BCUT2D eigenvalue weighted by molar-refractivity contribution is -0.117. The molecular formula is C15H19ClN2O5. The van der Waals surface area contributed by atoms with E-state index < -0.39 is 11.9 Å². The minimum atomic E-state index is -0.597. The van der Waals surface area contributed by atoms with Crippen molar-refractivity contribution < 1.29 is 23.9 Å². The summed E-state index contributed by atoms with van der Waals surface area (Å²) in [5.74, 6) is -1.39. The maximum Gasteiger partial charge on any atom is 0.337 e. The molecular weight excluding hydrogens is 324 g/mol. The first-order chi connectivity index (χ1) is 10.5. The molecule has 1 unspecified atom stereocenters. The molecule has 2 N–H and O–H groups in total. The molecule has 1 aromatic rings. The van der Waals surface area contributed by atoms with Gasteiger partial charge in [0.15, 0.2) is 0 Å². The van der Waals surface area contributed by atoms with E-state index in [0.717, 1.165) is 19.4 Å². The Morgan fingerprint density at radius 2 is 1.65 bits per heavy atom. The Hall–Kier alpha value is -2.12. The Balaban J connectivity index is 0.00000264. The molecule has 126 valence electrons. The number of hydrogen-bond donors (Lipinski definition) is 2. The van der Waals surface area contributed by atoms with Crippen LogP contribution in [0.1, 0.15) is 33.6 Å². The summed E-state index contributed by atoms with van der Waals surface area (Å²) in [7, 11) is 2.49. The number of ether oxygens (including phenoxy) is 2. The molecule has 7 nitrogen and oxygen atoms in total. The molecule has 0 spiro atoms. The Labute approximate surface area is 140 Å². The van der Waals surface area contributed by atoms with E-state index in [-0.39, 0.29) is 35.5 Å². The third-order valence-electron chi connectivity index (χ3n) is 3.42. The largest absolute Gasteiger partial charge is 0.465 e. The Bertz CT molecular complexity index is 565. The van der Waals surface area contributed by atoms with Crippen LogP contribution in [0.2, 0.25) is 0 Å². The molecule has 23 heavy (non-hydrogen) atoms.